The molecule has 0 atom stereocenters. The van der Waals surface area contributed by atoms with Crippen LogP contribution in [0.1, 0.15) is 27.9 Å². The molecule has 0 fully saturated rings. The standard InChI is InChI=1S/C17H17N3O5/c1-22-13-6-5-11(8-14(13)23-2)9-15-19-20-17(25-15)16(21)18-10-12-4-3-7-24-12/h3-8H,9-10H2,1-2H3,(H,18,21). The molecule has 0 bridgehead atoms. The average Bonchev–Trinajstić information content (AvgIpc) is 3.31. The highest BCUT2D eigenvalue weighted by Gasteiger charge is 2.16. The Kier molecular flexibility index (Phi) is 4.98. The molecule has 3 aromatic rings. The molecule has 1 amide bonds. The van der Waals surface area contributed by atoms with Crippen molar-refractivity contribution in [2.45, 2.75) is 13.0 Å². The number of rotatable bonds is 7. The quantitative estimate of drug-likeness (QED) is 0.702. The lowest BCUT2D eigenvalue weighted by Crippen LogP contribution is -2.22. The number of hydrogen-bond acceptors (Lipinski definition) is 7. The lowest BCUT2D eigenvalue weighted by atomic mass is 10.1. The molecule has 2 heterocycles. The fourth-order valence-electron chi connectivity index (χ4n) is 2.24. The monoisotopic (exact) mass is 343 g/mol. The molecular weight excluding hydrogens is 326 g/mol. The Bertz CT molecular complexity index is 842. The van der Waals surface area contributed by atoms with Gasteiger partial charge in [-0.25, -0.2) is 0 Å². The lowest BCUT2D eigenvalue weighted by Gasteiger charge is -2.08. The van der Waals surface area contributed by atoms with Gasteiger partial charge in [-0.05, 0) is 29.8 Å². The normalized spacial score (nSPS) is 10.5. The van der Waals surface area contributed by atoms with Crippen molar-refractivity contribution in [2.24, 2.45) is 0 Å². The molecule has 130 valence electrons. The first-order valence-electron chi connectivity index (χ1n) is 7.53. The highest BCUT2D eigenvalue weighted by molar-refractivity contribution is 5.89. The zero-order chi connectivity index (χ0) is 17.6. The van der Waals surface area contributed by atoms with Crippen molar-refractivity contribution in [1.29, 1.82) is 0 Å². The van der Waals surface area contributed by atoms with Crippen LogP contribution in [0.5, 0.6) is 11.5 Å². The Balaban J connectivity index is 1.64. The summed E-state index contributed by atoms with van der Waals surface area (Å²) in [6.45, 7) is 0.249. The molecule has 1 N–H and O–H groups in total. The maximum absolute atomic E-state index is 12.0. The number of methoxy groups -OCH3 is 2. The number of amides is 1. The van der Waals surface area contributed by atoms with Crippen LogP contribution in [-0.4, -0.2) is 30.3 Å². The first-order chi connectivity index (χ1) is 12.2. The van der Waals surface area contributed by atoms with E-state index in [1.165, 1.54) is 6.26 Å². The van der Waals surface area contributed by atoms with Crippen LogP contribution in [0, 0.1) is 0 Å². The summed E-state index contributed by atoms with van der Waals surface area (Å²) in [6.07, 6.45) is 1.91. The molecule has 0 unspecified atom stereocenters. The third-order valence-electron chi connectivity index (χ3n) is 3.47. The van der Waals surface area contributed by atoms with Gasteiger partial charge in [0.05, 0.1) is 33.4 Å². The maximum Gasteiger partial charge on any atom is 0.309 e. The highest BCUT2D eigenvalue weighted by atomic mass is 16.5. The number of nitrogens with one attached hydrogen (secondary N) is 1. The van der Waals surface area contributed by atoms with Gasteiger partial charge in [0.1, 0.15) is 5.76 Å². The predicted molar refractivity (Wildman–Crippen MR) is 86.5 cm³/mol. The van der Waals surface area contributed by atoms with Gasteiger partial charge in [-0.1, -0.05) is 6.07 Å². The Morgan fingerprint density at radius 2 is 2.00 bits per heavy atom. The topological polar surface area (TPSA) is 99.6 Å². The summed E-state index contributed by atoms with van der Waals surface area (Å²) >= 11 is 0. The predicted octanol–water partition coefficient (Wildman–Crippen LogP) is 2.20. The number of aromatic nitrogens is 2. The van der Waals surface area contributed by atoms with Crippen LogP contribution in [0.15, 0.2) is 45.4 Å². The van der Waals surface area contributed by atoms with Crippen molar-refractivity contribution in [3.8, 4) is 11.5 Å². The van der Waals surface area contributed by atoms with Crippen LogP contribution in [0.25, 0.3) is 0 Å². The fourth-order valence-corrected chi connectivity index (χ4v) is 2.24. The molecule has 0 saturated heterocycles. The Morgan fingerprint density at radius 3 is 2.72 bits per heavy atom. The van der Waals surface area contributed by atoms with E-state index in [0.717, 1.165) is 5.56 Å². The first-order valence-corrected chi connectivity index (χ1v) is 7.53. The van der Waals surface area contributed by atoms with E-state index in [-0.39, 0.29) is 12.4 Å². The van der Waals surface area contributed by atoms with E-state index in [9.17, 15) is 4.79 Å². The van der Waals surface area contributed by atoms with Gasteiger partial charge in [0.15, 0.2) is 11.5 Å². The summed E-state index contributed by atoms with van der Waals surface area (Å²) in [7, 11) is 3.14. The summed E-state index contributed by atoms with van der Waals surface area (Å²) in [5.74, 6) is 1.66. The van der Waals surface area contributed by atoms with E-state index in [0.29, 0.717) is 29.6 Å². The van der Waals surface area contributed by atoms with Gasteiger partial charge in [0.2, 0.25) is 5.89 Å². The van der Waals surface area contributed by atoms with Gasteiger partial charge in [-0.2, -0.15) is 0 Å². The SMILES string of the molecule is COc1ccc(Cc2nnc(C(=O)NCc3ccco3)o2)cc1OC. The number of carbonyl (C=O) groups excluding carboxylic acids is 1. The molecule has 0 spiro atoms. The van der Waals surface area contributed by atoms with Gasteiger partial charge in [0, 0.05) is 0 Å². The molecule has 0 aliphatic carbocycles. The summed E-state index contributed by atoms with van der Waals surface area (Å²) < 4.78 is 21.0. The number of furan rings is 1. The molecule has 8 heteroatoms. The van der Waals surface area contributed by atoms with Gasteiger partial charge in [-0.3, -0.25) is 4.79 Å². The highest BCUT2D eigenvalue weighted by Crippen LogP contribution is 2.28. The van der Waals surface area contributed by atoms with Crippen LogP contribution in [-0.2, 0) is 13.0 Å². The van der Waals surface area contributed by atoms with Gasteiger partial charge < -0.3 is 23.6 Å². The summed E-state index contributed by atoms with van der Waals surface area (Å²) in [4.78, 5) is 12.0. The van der Waals surface area contributed by atoms with Crippen molar-refractivity contribution in [2.75, 3.05) is 14.2 Å². The van der Waals surface area contributed by atoms with Crippen molar-refractivity contribution < 1.29 is 23.1 Å². The number of benzene rings is 1. The van der Waals surface area contributed by atoms with Gasteiger partial charge in [0.25, 0.3) is 0 Å². The largest absolute Gasteiger partial charge is 0.493 e. The number of ether oxygens (including phenoxy) is 2. The Hall–Kier alpha value is -3.29. The fraction of sp³-hybridized carbons (Fsp3) is 0.235. The molecule has 25 heavy (non-hydrogen) atoms. The van der Waals surface area contributed by atoms with E-state index in [2.05, 4.69) is 15.5 Å². The van der Waals surface area contributed by atoms with Crippen LogP contribution in [0.2, 0.25) is 0 Å². The van der Waals surface area contributed by atoms with E-state index < -0.39 is 5.91 Å². The maximum atomic E-state index is 12.0. The van der Waals surface area contributed by atoms with E-state index >= 15 is 0 Å². The van der Waals surface area contributed by atoms with E-state index in [1.807, 2.05) is 12.1 Å². The number of carbonyl (C=O) groups is 1. The molecule has 8 nitrogen and oxygen atoms in total. The summed E-state index contributed by atoms with van der Waals surface area (Å²) in [5, 5.41) is 10.3. The molecule has 1 aromatic carbocycles. The van der Waals surface area contributed by atoms with Crippen LogP contribution < -0.4 is 14.8 Å². The minimum Gasteiger partial charge on any atom is -0.493 e. The molecule has 0 aliphatic heterocycles. The van der Waals surface area contributed by atoms with E-state index in [4.69, 9.17) is 18.3 Å². The van der Waals surface area contributed by atoms with Crippen molar-refractivity contribution in [3.63, 3.8) is 0 Å². The van der Waals surface area contributed by atoms with Crippen LogP contribution in [0.3, 0.4) is 0 Å². The molecule has 3 rings (SSSR count). The molecule has 0 aliphatic rings. The number of hydrogen-bond donors (Lipinski definition) is 1. The van der Waals surface area contributed by atoms with Crippen molar-refractivity contribution in [3.05, 3.63) is 59.7 Å². The van der Waals surface area contributed by atoms with Crippen molar-refractivity contribution in [1.82, 2.24) is 15.5 Å². The zero-order valence-electron chi connectivity index (χ0n) is 13.8. The van der Waals surface area contributed by atoms with Gasteiger partial charge in [-0.15, -0.1) is 10.2 Å². The van der Waals surface area contributed by atoms with Crippen LogP contribution >= 0.6 is 0 Å². The van der Waals surface area contributed by atoms with Gasteiger partial charge >= 0.3 is 11.8 Å². The molecule has 0 radical (unpaired) electrons. The number of nitrogens with zero attached hydrogens (tertiary/aromatic N) is 2. The lowest BCUT2D eigenvalue weighted by molar-refractivity contribution is 0.0911. The summed E-state index contributed by atoms with van der Waals surface area (Å²) in [5.41, 5.74) is 0.892. The molecule has 2 aromatic heterocycles. The third kappa shape index (κ3) is 3.97. The van der Waals surface area contributed by atoms with E-state index in [1.54, 1.807) is 32.4 Å². The second-order valence-electron chi connectivity index (χ2n) is 5.13. The zero-order valence-corrected chi connectivity index (χ0v) is 13.8. The smallest absolute Gasteiger partial charge is 0.309 e. The third-order valence-corrected chi connectivity index (χ3v) is 3.47. The molecular formula is C17H17N3O5. The minimum absolute atomic E-state index is 0.0953. The first kappa shape index (κ1) is 16.6. The molecule has 0 saturated carbocycles. The second kappa shape index (κ2) is 7.52. The Morgan fingerprint density at radius 1 is 1.16 bits per heavy atom. The van der Waals surface area contributed by atoms with Crippen molar-refractivity contribution >= 4 is 5.91 Å². The minimum atomic E-state index is -0.456. The second-order valence-corrected chi connectivity index (χ2v) is 5.13. The summed E-state index contributed by atoms with van der Waals surface area (Å²) in [6, 6.07) is 8.98. The Labute approximate surface area is 143 Å². The average molecular weight is 343 g/mol. The van der Waals surface area contributed by atoms with Crippen LogP contribution in [0.4, 0.5) is 0 Å².